The van der Waals surface area contributed by atoms with Crippen LogP contribution in [0.2, 0.25) is 5.02 Å². The summed E-state index contributed by atoms with van der Waals surface area (Å²) in [4.78, 5) is 24.6. The van der Waals surface area contributed by atoms with E-state index in [4.69, 9.17) is 11.6 Å². The molecule has 1 heterocycles. The molecule has 0 fully saturated rings. The summed E-state index contributed by atoms with van der Waals surface area (Å²) in [6.07, 6.45) is 0.614. The second-order valence-corrected chi connectivity index (χ2v) is 5.76. The van der Waals surface area contributed by atoms with E-state index >= 15 is 0 Å². The van der Waals surface area contributed by atoms with Crippen LogP contribution in [0, 0.1) is 10.1 Å². The minimum Gasteiger partial charge on any atom is -0.337 e. The molecule has 0 aliphatic heterocycles. The lowest BCUT2D eigenvalue weighted by atomic mass is 10.2. The molecule has 1 amide bonds. The molecule has 0 radical (unpaired) electrons. The van der Waals surface area contributed by atoms with Gasteiger partial charge < -0.3 is 4.90 Å². The number of aromatic nitrogens is 2. The van der Waals surface area contributed by atoms with Gasteiger partial charge in [0.2, 0.25) is 0 Å². The van der Waals surface area contributed by atoms with Gasteiger partial charge in [0.05, 0.1) is 10.6 Å². The van der Waals surface area contributed by atoms with Gasteiger partial charge in [0.25, 0.3) is 11.6 Å². The molecule has 0 aliphatic carbocycles. The Balaban J connectivity index is 2.21. The Hall–Kier alpha value is -2.06. The number of carbonyl (C=O) groups is 1. The lowest BCUT2D eigenvalue weighted by Gasteiger charge is -2.17. The van der Waals surface area contributed by atoms with E-state index in [1.54, 1.807) is 7.05 Å². The van der Waals surface area contributed by atoms with Crippen LogP contribution in [0.5, 0.6) is 0 Å². The maximum absolute atomic E-state index is 12.4. The van der Waals surface area contributed by atoms with Crippen LogP contribution in [0.3, 0.4) is 0 Å². The number of nitro benzene ring substituents is 1. The lowest BCUT2D eigenvalue weighted by Crippen LogP contribution is -2.26. The Labute approximate surface area is 135 Å². The van der Waals surface area contributed by atoms with Gasteiger partial charge in [0, 0.05) is 30.7 Å². The van der Waals surface area contributed by atoms with Crippen LogP contribution in [0.15, 0.2) is 18.2 Å². The van der Waals surface area contributed by atoms with Crippen molar-refractivity contribution in [3.63, 3.8) is 0 Å². The molecule has 2 aromatic rings. The Bertz CT molecular complexity index is 719. The van der Waals surface area contributed by atoms with E-state index in [2.05, 4.69) is 9.59 Å². The van der Waals surface area contributed by atoms with E-state index in [9.17, 15) is 14.9 Å². The number of benzene rings is 1. The van der Waals surface area contributed by atoms with Crippen molar-refractivity contribution in [3.8, 4) is 0 Å². The zero-order valence-corrected chi connectivity index (χ0v) is 13.5. The first-order valence-corrected chi connectivity index (χ1v) is 7.58. The quantitative estimate of drug-likeness (QED) is 0.616. The summed E-state index contributed by atoms with van der Waals surface area (Å²) in [6.45, 7) is 2.06. The van der Waals surface area contributed by atoms with Gasteiger partial charge in [-0.2, -0.15) is 0 Å². The van der Waals surface area contributed by atoms with Crippen molar-refractivity contribution in [2.45, 2.75) is 19.9 Å². The summed E-state index contributed by atoms with van der Waals surface area (Å²) < 4.78 is 3.79. The number of aryl methyl sites for hydroxylation is 1. The molecule has 9 heteroatoms. The Morgan fingerprint density at radius 2 is 2.23 bits per heavy atom. The molecule has 1 aromatic heterocycles. The molecule has 0 saturated carbocycles. The maximum atomic E-state index is 12.4. The standard InChI is InChI=1S/C13H13ClN4O3S/c1-3-11-12(22-16-15-11)13(19)17(2)7-8-6-9(18(20)21)4-5-10(8)14/h4-6H,3,7H2,1-2H3. The molecule has 0 spiro atoms. The number of hydrogen-bond donors (Lipinski definition) is 0. The zero-order valence-electron chi connectivity index (χ0n) is 11.9. The van der Waals surface area contributed by atoms with Crippen molar-refractivity contribution < 1.29 is 9.72 Å². The van der Waals surface area contributed by atoms with Crippen molar-refractivity contribution >= 4 is 34.7 Å². The second kappa shape index (κ2) is 6.80. The van der Waals surface area contributed by atoms with Crippen LogP contribution in [-0.2, 0) is 13.0 Å². The molecule has 0 bridgehead atoms. The van der Waals surface area contributed by atoms with E-state index in [0.717, 1.165) is 11.5 Å². The van der Waals surface area contributed by atoms with E-state index in [1.165, 1.54) is 23.1 Å². The molecule has 0 aliphatic rings. The molecule has 116 valence electrons. The van der Waals surface area contributed by atoms with Gasteiger partial charge in [-0.25, -0.2) is 0 Å². The molecular weight excluding hydrogens is 328 g/mol. The highest BCUT2D eigenvalue weighted by molar-refractivity contribution is 7.07. The minimum atomic E-state index is -0.496. The molecular formula is C13H13ClN4O3S. The molecule has 0 atom stereocenters. The Morgan fingerprint density at radius 1 is 1.50 bits per heavy atom. The first-order chi connectivity index (χ1) is 10.4. The fourth-order valence-electron chi connectivity index (χ4n) is 1.90. The lowest BCUT2D eigenvalue weighted by molar-refractivity contribution is -0.384. The average molecular weight is 341 g/mol. The summed E-state index contributed by atoms with van der Waals surface area (Å²) in [7, 11) is 1.61. The minimum absolute atomic E-state index is 0.0612. The number of non-ortho nitro benzene ring substituents is 1. The van der Waals surface area contributed by atoms with Crippen LogP contribution in [0.25, 0.3) is 0 Å². The third-order valence-electron chi connectivity index (χ3n) is 3.08. The fraction of sp³-hybridized carbons (Fsp3) is 0.308. The summed E-state index contributed by atoms with van der Waals surface area (Å²) >= 11 is 7.09. The summed E-state index contributed by atoms with van der Waals surface area (Å²) in [6, 6.07) is 4.16. The molecule has 1 aromatic carbocycles. The van der Waals surface area contributed by atoms with E-state index in [-0.39, 0.29) is 18.1 Å². The van der Waals surface area contributed by atoms with Crippen LogP contribution in [-0.4, -0.2) is 32.4 Å². The van der Waals surface area contributed by atoms with E-state index in [1.807, 2.05) is 6.92 Å². The number of hydrogen-bond acceptors (Lipinski definition) is 6. The van der Waals surface area contributed by atoms with Crippen molar-refractivity contribution in [3.05, 3.63) is 49.5 Å². The fourth-order valence-corrected chi connectivity index (χ4v) is 2.82. The van der Waals surface area contributed by atoms with Crippen molar-refractivity contribution in [2.75, 3.05) is 7.05 Å². The largest absolute Gasteiger partial charge is 0.337 e. The molecule has 22 heavy (non-hydrogen) atoms. The van der Waals surface area contributed by atoms with Gasteiger partial charge in [-0.1, -0.05) is 23.0 Å². The van der Waals surface area contributed by atoms with Crippen LogP contribution in [0.4, 0.5) is 5.69 Å². The normalized spacial score (nSPS) is 10.5. The van der Waals surface area contributed by atoms with Gasteiger partial charge in [-0.3, -0.25) is 14.9 Å². The summed E-state index contributed by atoms with van der Waals surface area (Å²) in [5.41, 5.74) is 1.10. The molecule has 0 saturated heterocycles. The highest BCUT2D eigenvalue weighted by Gasteiger charge is 2.20. The van der Waals surface area contributed by atoms with Crippen molar-refractivity contribution in [1.82, 2.24) is 14.5 Å². The number of nitrogens with zero attached hydrogens (tertiary/aromatic N) is 4. The van der Waals surface area contributed by atoms with Crippen LogP contribution in [0.1, 0.15) is 27.9 Å². The smallest absolute Gasteiger partial charge is 0.269 e. The average Bonchev–Trinajstić information content (AvgIpc) is 2.96. The number of carbonyl (C=O) groups excluding carboxylic acids is 1. The monoisotopic (exact) mass is 340 g/mol. The third kappa shape index (κ3) is 3.40. The van der Waals surface area contributed by atoms with Crippen LogP contribution >= 0.6 is 23.1 Å². The highest BCUT2D eigenvalue weighted by atomic mass is 35.5. The topological polar surface area (TPSA) is 89.2 Å². The van der Waals surface area contributed by atoms with Gasteiger partial charge in [-0.05, 0) is 29.6 Å². The number of rotatable bonds is 5. The van der Waals surface area contributed by atoms with E-state index in [0.29, 0.717) is 27.6 Å². The Kier molecular flexibility index (Phi) is 5.04. The summed E-state index contributed by atoms with van der Waals surface area (Å²) in [5.74, 6) is -0.227. The van der Waals surface area contributed by atoms with Crippen molar-refractivity contribution in [1.29, 1.82) is 0 Å². The molecule has 2 rings (SSSR count). The third-order valence-corrected chi connectivity index (χ3v) is 4.20. The predicted octanol–water partition coefficient (Wildman–Crippen LogP) is 2.93. The Morgan fingerprint density at radius 3 is 2.86 bits per heavy atom. The second-order valence-electron chi connectivity index (χ2n) is 4.60. The highest BCUT2D eigenvalue weighted by Crippen LogP contribution is 2.24. The SMILES string of the molecule is CCc1nnsc1C(=O)N(C)Cc1cc([N+](=O)[O-])ccc1Cl. The first-order valence-electron chi connectivity index (χ1n) is 6.43. The van der Waals surface area contributed by atoms with Gasteiger partial charge in [0.1, 0.15) is 4.88 Å². The van der Waals surface area contributed by atoms with Crippen LogP contribution < -0.4 is 0 Å². The molecule has 0 N–H and O–H groups in total. The van der Waals surface area contributed by atoms with Gasteiger partial charge >= 0.3 is 0 Å². The number of nitro groups is 1. The predicted molar refractivity (Wildman–Crippen MR) is 83.2 cm³/mol. The molecule has 0 unspecified atom stereocenters. The van der Waals surface area contributed by atoms with Gasteiger partial charge in [0.15, 0.2) is 0 Å². The van der Waals surface area contributed by atoms with Gasteiger partial charge in [-0.15, -0.1) is 5.10 Å². The molecule has 7 nitrogen and oxygen atoms in total. The van der Waals surface area contributed by atoms with E-state index < -0.39 is 4.92 Å². The van der Waals surface area contributed by atoms with Crippen molar-refractivity contribution in [2.24, 2.45) is 0 Å². The maximum Gasteiger partial charge on any atom is 0.269 e. The first kappa shape index (κ1) is 16.3. The number of halogens is 1. The zero-order chi connectivity index (χ0) is 16.3. The number of amides is 1. The summed E-state index contributed by atoms with van der Waals surface area (Å²) in [5, 5.41) is 15.1.